The number of benzene rings is 2. The van der Waals surface area contributed by atoms with Crippen molar-refractivity contribution in [1.29, 1.82) is 0 Å². The first-order valence-electron chi connectivity index (χ1n) is 7.74. The second-order valence-corrected chi connectivity index (χ2v) is 5.28. The van der Waals surface area contributed by atoms with Crippen LogP contribution in [0, 0.1) is 12.7 Å². The molecule has 24 heavy (non-hydrogen) atoms. The van der Waals surface area contributed by atoms with Gasteiger partial charge in [0.05, 0.1) is 5.69 Å². The Labute approximate surface area is 140 Å². The van der Waals surface area contributed by atoms with Gasteiger partial charge in [-0.2, -0.15) is 0 Å². The zero-order chi connectivity index (χ0) is 16.8. The largest absolute Gasteiger partial charge is 0.489 e. The molecule has 1 N–H and O–H groups in total. The van der Waals surface area contributed by atoms with E-state index >= 15 is 0 Å². The van der Waals surface area contributed by atoms with Crippen LogP contribution in [-0.2, 0) is 0 Å². The Bertz CT molecular complexity index is 823. The Kier molecular flexibility index (Phi) is 5.01. The maximum Gasteiger partial charge on any atom is 0.165 e. The fourth-order valence-corrected chi connectivity index (χ4v) is 2.32. The van der Waals surface area contributed by atoms with E-state index in [1.807, 2.05) is 37.3 Å². The van der Waals surface area contributed by atoms with Gasteiger partial charge in [-0.05, 0) is 37.3 Å². The minimum absolute atomic E-state index is 0.268. The summed E-state index contributed by atoms with van der Waals surface area (Å²) in [5.41, 5.74) is 2.86. The standard InChI is InChI=1S/C19H18FN3O/c1-14-21-10-9-18(23-14)15-5-4-6-16(13-15)22-11-12-24-19-8-3-2-7-17(19)20/h2-10,13,22H,11-12H2,1H3. The van der Waals surface area contributed by atoms with Crippen LogP contribution < -0.4 is 10.1 Å². The normalized spacial score (nSPS) is 10.4. The van der Waals surface area contributed by atoms with Crippen molar-refractivity contribution in [1.82, 2.24) is 9.97 Å². The lowest BCUT2D eigenvalue weighted by Gasteiger charge is -2.10. The van der Waals surface area contributed by atoms with Crippen LogP contribution in [0.2, 0.25) is 0 Å². The summed E-state index contributed by atoms with van der Waals surface area (Å²) < 4.78 is 18.9. The van der Waals surface area contributed by atoms with Gasteiger partial charge < -0.3 is 10.1 Å². The number of nitrogens with zero attached hydrogens (tertiary/aromatic N) is 2. The molecule has 1 aromatic heterocycles. The van der Waals surface area contributed by atoms with Gasteiger partial charge >= 0.3 is 0 Å². The third-order valence-electron chi connectivity index (χ3n) is 3.46. The molecule has 122 valence electrons. The first-order chi connectivity index (χ1) is 11.7. The third-order valence-corrected chi connectivity index (χ3v) is 3.46. The topological polar surface area (TPSA) is 47.0 Å². The summed E-state index contributed by atoms with van der Waals surface area (Å²) >= 11 is 0. The molecule has 0 amide bonds. The van der Waals surface area contributed by atoms with Crippen LogP contribution in [0.15, 0.2) is 60.8 Å². The van der Waals surface area contributed by atoms with Crippen LogP contribution >= 0.6 is 0 Å². The van der Waals surface area contributed by atoms with Crippen molar-refractivity contribution in [3.05, 3.63) is 72.4 Å². The highest BCUT2D eigenvalue weighted by atomic mass is 19.1. The molecule has 0 aliphatic rings. The summed E-state index contributed by atoms with van der Waals surface area (Å²) in [4.78, 5) is 8.54. The van der Waals surface area contributed by atoms with Gasteiger partial charge in [-0.15, -0.1) is 0 Å². The Morgan fingerprint density at radius 2 is 1.96 bits per heavy atom. The van der Waals surface area contributed by atoms with Gasteiger partial charge in [-0.3, -0.25) is 0 Å². The zero-order valence-corrected chi connectivity index (χ0v) is 13.4. The summed E-state index contributed by atoms with van der Waals surface area (Å²) in [5, 5.41) is 3.27. The molecule has 0 saturated heterocycles. The molecular formula is C19H18FN3O. The van der Waals surface area contributed by atoms with Crippen molar-refractivity contribution in [2.75, 3.05) is 18.5 Å². The molecule has 0 radical (unpaired) electrons. The first kappa shape index (κ1) is 15.9. The summed E-state index contributed by atoms with van der Waals surface area (Å²) in [7, 11) is 0. The molecule has 0 aliphatic heterocycles. The molecule has 3 aromatic rings. The Hall–Kier alpha value is -2.95. The maximum absolute atomic E-state index is 13.5. The average molecular weight is 323 g/mol. The van der Waals surface area contributed by atoms with Crippen molar-refractivity contribution < 1.29 is 9.13 Å². The molecule has 1 heterocycles. The Morgan fingerprint density at radius 3 is 2.79 bits per heavy atom. The second-order valence-electron chi connectivity index (χ2n) is 5.28. The highest BCUT2D eigenvalue weighted by Crippen LogP contribution is 2.20. The molecule has 0 spiro atoms. The summed E-state index contributed by atoms with van der Waals surface area (Å²) in [5.74, 6) is 0.660. The number of hydrogen-bond donors (Lipinski definition) is 1. The molecule has 4 nitrogen and oxygen atoms in total. The van der Waals surface area contributed by atoms with E-state index in [0.29, 0.717) is 13.2 Å². The van der Waals surface area contributed by atoms with E-state index in [2.05, 4.69) is 15.3 Å². The molecule has 0 unspecified atom stereocenters. The van der Waals surface area contributed by atoms with Gasteiger partial charge in [0.15, 0.2) is 11.6 Å². The van der Waals surface area contributed by atoms with Crippen molar-refractivity contribution in [2.24, 2.45) is 0 Å². The van der Waals surface area contributed by atoms with E-state index in [-0.39, 0.29) is 11.6 Å². The van der Waals surface area contributed by atoms with Gasteiger partial charge in [0.2, 0.25) is 0 Å². The number of ether oxygens (including phenoxy) is 1. The molecule has 0 saturated carbocycles. The van der Waals surface area contributed by atoms with Crippen LogP contribution in [-0.4, -0.2) is 23.1 Å². The van der Waals surface area contributed by atoms with Crippen LogP contribution in [0.4, 0.5) is 10.1 Å². The Balaban J connectivity index is 1.58. The number of para-hydroxylation sites is 1. The average Bonchev–Trinajstić information content (AvgIpc) is 2.60. The number of anilines is 1. The molecule has 0 atom stereocenters. The van der Waals surface area contributed by atoms with E-state index in [0.717, 1.165) is 22.8 Å². The minimum Gasteiger partial charge on any atom is -0.489 e. The summed E-state index contributed by atoms with van der Waals surface area (Å²) in [6.45, 7) is 2.81. The fraction of sp³-hybridized carbons (Fsp3) is 0.158. The van der Waals surface area contributed by atoms with Crippen LogP contribution in [0.25, 0.3) is 11.3 Å². The fourth-order valence-electron chi connectivity index (χ4n) is 2.32. The molecule has 3 rings (SSSR count). The quantitative estimate of drug-likeness (QED) is 0.694. The number of rotatable bonds is 6. The monoisotopic (exact) mass is 323 g/mol. The lowest BCUT2D eigenvalue weighted by molar-refractivity contribution is 0.315. The highest BCUT2D eigenvalue weighted by Gasteiger charge is 2.03. The molecule has 0 aliphatic carbocycles. The third kappa shape index (κ3) is 4.07. The number of hydrogen-bond acceptors (Lipinski definition) is 4. The van der Waals surface area contributed by atoms with E-state index in [9.17, 15) is 4.39 Å². The van der Waals surface area contributed by atoms with Gasteiger partial charge in [-0.25, -0.2) is 14.4 Å². The summed E-state index contributed by atoms with van der Waals surface area (Å²) in [6, 6.07) is 16.2. The van der Waals surface area contributed by atoms with Crippen LogP contribution in [0.1, 0.15) is 5.82 Å². The highest BCUT2D eigenvalue weighted by molar-refractivity contribution is 5.64. The van der Waals surface area contributed by atoms with Gasteiger partial charge in [0.25, 0.3) is 0 Å². The second kappa shape index (κ2) is 7.55. The SMILES string of the molecule is Cc1nccc(-c2cccc(NCCOc3ccccc3F)c2)n1. The van der Waals surface area contributed by atoms with Crippen LogP contribution in [0.5, 0.6) is 5.75 Å². The van der Waals surface area contributed by atoms with Gasteiger partial charge in [0, 0.05) is 24.0 Å². The molecule has 5 heteroatoms. The van der Waals surface area contributed by atoms with Crippen molar-refractivity contribution >= 4 is 5.69 Å². The van der Waals surface area contributed by atoms with E-state index in [1.165, 1.54) is 6.07 Å². The van der Waals surface area contributed by atoms with E-state index in [4.69, 9.17) is 4.74 Å². The lowest BCUT2D eigenvalue weighted by Crippen LogP contribution is -2.12. The predicted molar refractivity (Wildman–Crippen MR) is 92.6 cm³/mol. The van der Waals surface area contributed by atoms with Crippen molar-refractivity contribution in [2.45, 2.75) is 6.92 Å². The lowest BCUT2D eigenvalue weighted by atomic mass is 10.1. The zero-order valence-electron chi connectivity index (χ0n) is 13.4. The number of halogens is 1. The van der Waals surface area contributed by atoms with Crippen molar-refractivity contribution in [3.63, 3.8) is 0 Å². The number of aromatic nitrogens is 2. The Morgan fingerprint density at radius 1 is 1.08 bits per heavy atom. The van der Waals surface area contributed by atoms with Gasteiger partial charge in [0.1, 0.15) is 12.4 Å². The van der Waals surface area contributed by atoms with E-state index in [1.54, 1.807) is 24.4 Å². The first-order valence-corrected chi connectivity index (χ1v) is 7.74. The molecular weight excluding hydrogens is 305 g/mol. The molecule has 0 fully saturated rings. The molecule has 0 bridgehead atoms. The maximum atomic E-state index is 13.5. The predicted octanol–water partition coefficient (Wildman–Crippen LogP) is 4.08. The van der Waals surface area contributed by atoms with E-state index < -0.39 is 0 Å². The molecule has 2 aromatic carbocycles. The number of aryl methyl sites for hydroxylation is 1. The summed E-state index contributed by atoms with van der Waals surface area (Å²) in [6.07, 6.45) is 1.75. The van der Waals surface area contributed by atoms with Gasteiger partial charge in [-0.1, -0.05) is 24.3 Å². The van der Waals surface area contributed by atoms with Crippen molar-refractivity contribution in [3.8, 4) is 17.0 Å². The smallest absolute Gasteiger partial charge is 0.165 e. The van der Waals surface area contributed by atoms with Crippen LogP contribution in [0.3, 0.4) is 0 Å². The minimum atomic E-state index is -0.348. The number of nitrogens with one attached hydrogen (secondary N) is 1.